The quantitative estimate of drug-likeness (QED) is 0.360. The van der Waals surface area contributed by atoms with E-state index in [2.05, 4.69) is 5.32 Å². The van der Waals surface area contributed by atoms with Crippen molar-refractivity contribution in [1.29, 1.82) is 0 Å². The molecule has 0 saturated carbocycles. The lowest BCUT2D eigenvalue weighted by Crippen LogP contribution is -2.53. The molecule has 9 heteroatoms. The van der Waals surface area contributed by atoms with E-state index in [0.717, 1.165) is 28.4 Å². The zero-order valence-corrected chi connectivity index (χ0v) is 22.7. The first-order valence-corrected chi connectivity index (χ1v) is 14.1. The first-order chi connectivity index (χ1) is 18.2. The Balaban J connectivity index is 2.01. The molecule has 0 radical (unpaired) electrons. The molecular formula is C29H34FN3O4S. The predicted octanol–water partition coefficient (Wildman–Crippen LogP) is 4.74. The van der Waals surface area contributed by atoms with E-state index in [-0.39, 0.29) is 29.1 Å². The Kier molecular flexibility index (Phi) is 10.0. The Labute approximate surface area is 224 Å². The smallest absolute Gasteiger partial charge is 0.264 e. The number of nitrogens with zero attached hydrogens (tertiary/aromatic N) is 2. The standard InChI is InChI=1S/C29H34FN3O4S/c1-4-22(3)31-29(35)27(5-2)32(20-23-12-8-6-9-13-23)28(34)21-33(25-14-10-7-11-15-25)38(36,37)26-18-16-24(30)17-19-26/h6-19,22,27H,4-5,20-21H2,1-3H3,(H,31,35)/t22-,27-/m1/s1. The lowest BCUT2D eigenvalue weighted by molar-refractivity contribution is -0.140. The van der Waals surface area contributed by atoms with Crippen LogP contribution in [0, 0.1) is 5.82 Å². The summed E-state index contributed by atoms with van der Waals surface area (Å²) >= 11 is 0. The van der Waals surface area contributed by atoms with Crippen LogP contribution in [0.25, 0.3) is 0 Å². The number of rotatable bonds is 12. The molecule has 0 heterocycles. The number of sulfonamides is 1. The summed E-state index contributed by atoms with van der Waals surface area (Å²) in [5.74, 6) is -1.40. The second kappa shape index (κ2) is 13.2. The molecule has 2 amide bonds. The molecule has 0 spiro atoms. The molecule has 3 aromatic carbocycles. The van der Waals surface area contributed by atoms with Gasteiger partial charge in [0.15, 0.2) is 0 Å². The molecule has 3 aromatic rings. The van der Waals surface area contributed by atoms with Crippen molar-refractivity contribution in [3.8, 4) is 0 Å². The van der Waals surface area contributed by atoms with Crippen molar-refractivity contribution in [2.24, 2.45) is 0 Å². The van der Waals surface area contributed by atoms with E-state index in [1.165, 1.54) is 17.0 Å². The van der Waals surface area contributed by atoms with E-state index >= 15 is 0 Å². The van der Waals surface area contributed by atoms with Crippen molar-refractivity contribution in [1.82, 2.24) is 10.2 Å². The average molecular weight is 540 g/mol. The van der Waals surface area contributed by atoms with Crippen molar-refractivity contribution in [2.75, 3.05) is 10.8 Å². The van der Waals surface area contributed by atoms with Gasteiger partial charge < -0.3 is 10.2 Å². The Bertz CT molecular complexity index is 1300. The molecule has 1 N–H and O–H groups in total. The van der Waals surface area contributed by atoms with Gasteiger partial charge in [-0.2, -0.15) is 0 Å². The van der Waals surface area contributed by atoms with Crippen LogP contribution in [-0.4, -0.2) is 43.8 Å². The van der Waals surface area contributed by atoms with Crippen LogP contribution >= 0.6 is 0 Å². The minimum atomic E-state index is -4.23. The maximum absolute atomic E-state index is 13.9. The summed E-state index contributed by atoms with van der Waals surface area (Å²) in [4.78, 5) is 28.4. The Morgan fingerprint density at radius 2 is 1.45 bits per heavy atom. The highest BCUT2D eigenvalue weighted by molar-refractivity contribution is 7.92. The number of anilines is 1. The molecule has 3 rings (SSSR count). The summed E-state index contributed by atoms with van der Waals surface area (Å²) in [5, 5.41) is 2.95. The molecule has 0 aliphatic heterocycles. The molecule has 0 fully saturated rings. The van der Waals surface area contributed by atoms with Crippen LogP contribution in [-0.2, 0) is 26.2 Å². The van der Waals surface area contributed by atoms with Gasteiger partial charge in [-0.25, -0.2) is 12.8 Å². The fourth-order valence-electron chi connectivity index (χ4n) is 4.00. The van der Waals surface area contributed by atoms with Crippen LogP contribution in [0.15, 0.2) is 89.8 Å². The van der Waals surface area contributed by atoms with Gasteiger partial charge in [-0.3, -0.25) is 13.9 Å². The molecule has 0 aromatic heterocycles. The summed E-state index contributed by atoms with van der Waals surface area (Å²) in [6, 6.07) is 21.1. The number of carbonyl (C=O) groups is 2. The van der Waals surface area contributed by atoms with Crippen molar-refractivity contribution < 1.29 is 22.4 Å². The monoisotopic (exact) mass is 539 g/mol. The van der Waals surface area contributed by atoms with Crippen molar-refractivity contribution in [2.45, 2.75) is 57.1 Å². The Morgan fingerprint density at radius 3 is 2.00 bits per heavy atom. The molecule has 0 saturated heterocycles. The van der Waals surface area contributed by atoms with E-state index in [9.17, 15) is 22.4 Å². The summed E-state index contributed by atoms with van der Waals surface area (Å²) in [7, 11) is -4.23. The highest BCUT2D eigenvalue weighted by Gasteiger charge is 2.33. The van der Waals surface area contributed by atoms with Crippen LogP contribution in [0.1, 0.15) is 39.2 Å². The Morgan fingerprint density at radius 1 is 0.868 bits per heavy atom. The van der Waals surface area contributed by atoms with E-state index < -0.39 is 34.3 Å². The van der Waals surface area contributed by atoms with Gasteiger partial charge in [-0.1, -0.05) is 62.4 Å². The number of benzene rings is 3. The zero-order valence-electron chi connectivity index (χ0n) is 21.9. The van der Waals surface area contributed by atoms with Crippen LogP contribution < -0.4 is 9.62 Å². The average Bonchev–Trinajstić information content (AvgIpc) is 2.92. The fourth-order valence-corrected chi connectivity index (χ4v) is 5.41. The lowest BCUT2D eigenvalue weighted by atomic mass is 10.1. The number of carbonyl (C=O) groups excluding carboxylic acids is 2. The van der Waals surface area contributed by atoms with Crippen molar-refractivity contribution in [3.63, 3.8) is 0 Å². The molecule has 2 atom stereocenters. The number of hydrogen-bond donors (Lipinski definition) is 1. The normalized spacial score (nSPS) is 12.8. The van der Waals surface area contributed by atoms with E-state index in [1.54, 1.807) is 30.3 Å². The minimum absolute atomic E-state index is 0.0788. The van der Waals surface area contributed by atoms with E-state index in [1.807, 2.05) is 51.1 Å². The maximum Gasteiger partial charge on any atom is 0.264 e. The largest absolute Gasteiger partial charge is 0.352 e. The molecule has 202 valence electrons. The zero-order chi connectivity index (χ0) is 27.7. The molecule has 0 unspecified atom stereocenters. The van der Waals surface area contributed by atoms with Gasteiger partial charge in [0.05, 0.1) is 10.6 Å². The van der Waals surface area contributed by atoms with Crippen LogP contribution in [0.2, 0.25) is 0 Å². The summed E-state index contributed by atoms with van der Waals surface area (Å²) < 4.78 is 41.9. The van der Waals surface area contributed by atoms with Gasteiger partial charge >= 0.3 is 0 Å². The number of amides is 2. The van der Waals surface area contributed by atoms with E-state index in [0.29, 0.717) is 6.42 Å². The number of halogens is 1. The van der Waals surface area contributed by atoms with Gasteiger partial charge in [-0.15, -0.1) is 0 Å². The van der Waals surface area contributed by atoms with Crippen molar-refractivity contribution in [3.05, 3.63) is 96.3 Å². The second-order valence-corrected chi connectivity index (χ2v) is 10.9. The first-order valence-electron chi connectivity index (χ1n) is 12.6. The summed E-state index contributed by atoms with van der Waals surface area (Å²) in [5.41, 5.74) is 1.09. The number of para-hydroxylation sites is 1. The minimum Gasteiger partial charge on any atom is -0.352 e. The SMILES string of the molecule is CC[C@@H](C)NC(=O)[C@@H](CC)N(Cc1ccccc1)C(=O)CN(c1ccccc1)S(=O)(=O)c1ccc(F)cc1. The van der Waals surface area contributed by atoms with Crippen LogP contribution in [0.3, 0.4) is 0 Å². The third-order valence-corrected chi connectivity index (χ3v) is 8.10. The van der Waals surface area contributed by atoms with Gasteiger partial charge in [0, 0.05) is 12.6 Å². The second-order valence-electron chi connectivity index (χ2n) is 9.05. The third kappa shape index (κ3) is 7.19. The summed E-state index contributed by atoms with van der Waals surface area (Å²) in [6.07, 6.45) is 1.07. The summed E-state index contributed by atoms with van der Waals surface area (Å²) in [6.45, 7) is 5.25. The molecule has 0 bridgehead atoms. The van der Waals surface area contributed by atoms with Crippen LogP contribution in [0.5, 0.6) is 0 Å². The molecule has 7 nitrogen and oxygen atoms in total. The maximum atomic E-state index is 13.9. The molecule has 0 aliphatic carbocycles. The highest BCUT2D eigenvalue weighted by Crippen LogP contribution is 2.25. The molecular weight excluding hydrogens is 505 g/mol. The van der Waals surface area contributed by atoms with Gasteiger partial charge in [-0.05, 0) is 61.7 Å². The molecule has 38 heavy (non-hydrogen) atoms. The lowest BCUT2D eigenvalue weighted by Gasteiger charge is -2.33. The van der Waals surface area contributed by atoms with Gasteiger partial charge in [0.2, 0.25) is 11.8 Å². The number of nitrogens with one attached hydrogen (secondary N) is 1. The van der Waals surface area contributed by atoms with Gasteiger partial charge in [0.25, 0.3) is 10.0 Å². The molecule has 0 aliphatic rings. The topological polar surface area (TPSA) is 86.8 Å². The Hall–Kier alpha value is -3.72. The van der Waals surface area contributed by atoms with Crippen molar-refractivity contribution >= 4 is 27.5 Å². The third-order valence-electron chi connectivity index (χ3n) is 6.31. The van der Waals surface area contributed by atoms with Gasteiger partial charge in [0.1, 0.15) is 18.4 Å². The highest BCUT2D eigenvalue weighted by atomic mass is 32.2. The van der Waals surface area contributed by atoms with Crippen LogP contribution in [0.4, 0.5) is 10.1 Å². The number of hydrogen-bond acceptors (Lipinski definition) is 4. The predicted molar refractivity (Wildman–Crippen MR) is 146 cm³/mol. The fraction of sp³-hybridized carbons (Fsp3) is 0.310. The van der Waals surface area contributed by atoms with E-state index in [4.69, 9.17) is 0 Å². The first kappa shape index (κ1) is 28.8.